The number of halogens is 1. The number of hydrogen-bond donors (Lipinski definition) is 3. The third-order valence-electron chi connectivity index (χ3n) is 2.72. The van der Waals surface area contributed by atoms with E-state index < -0.39 is 0 Å². The van der Waals surface area contributed by atoms with Gasteiger partial charge in [0, 0.05) is 6.07 Å². The summed E-state index contributed by atoms with van der Waals surface area (Å²) >= 11 is 3.24. The molecule has 0 saturated heterocycles. The fourth-order valence-corrected chi connectivity index (χ4v) is 2.13. The summed E-state index contributed by atoms with van der Waals surface area (Å²) in [5.41, 5.74) is 2.20. The zero-order valence-corrected chi connectivity index (χ0v) is 11.8. The number of rotatable bonds is 3. The Balaban J connectivity index is 1.78. The normalized spacial score (nSPS) is 10.4. The Morgan fingerprint density at radius 3 is 2.70 bits per heavy atom. The van der Waals surface area contributed by atoms with Crippen molar-refractivity contribution in [1.29, 1.82) is 0 Å². The zero-order chi connectivity index (χ0) is 13.9. The van der Waals surface area contributed by atoms with Gasteiger partial charge in [-0.25, -0.2) is 0 Å². The first-order chi connectivity index (χ1) is 9.74. The van der Waals surface area contributed by atoms with Crippen LogP contribution in [0.25, 0.3) is 11.3 Å². The number of aromatic amines is 2. The van der Waals surface area contributed by atoms with Crippen molar-refractivity contribution >= 4 is 27.7 Å². The molecule has 0 radical (unpaired) electrons. The van der Waals surface area contributed by atoms with Gasteiger partial charge in [0.05, 0.1) is 16.4 Å². The van der Waals surface area contributed by atoms with Crippen molar-refractivity contribution in [3.05, 3.63) is 52.8 Å². The molecule has 3 N–H and O–H groups in total. The van der Waals surface area contributed by atoms with Gasteiger partial charge < -0.3 is 5.32 Å². The van der Waals surface area contributed by atoms with E-state index in [4.69, 9.17) is 0 Å². The highest BCUT2D eigenvalue weighted by Gasteiger charge is 2.13. The second-order valence-corrected chi connectivity index (χ2v) is 4.93. The quantitative estimate of drug-likeness (QED) is 0.689. The number of hydrogen-bond acceptors (Lipinski definition) is 3. The molecule has 0 saturated carbocycles. The minimum atomic E-state index is -0.305. The summed E-state index contributed by atoms with van der Waals surface area (Å²) in [7, 11) is 0. The number of carbonyl (C=O) groups excluding carboxylic acids is 1. The Labute approximate surface area is 122 Å². The van der Waals surface area contributed by atoms with Crippen LogP contribution in [0.5, 0.6) is 0 Å². The molecule has 0 aliphatic heterocycles. The molecule has 100 valence electrons. The number of nitrogens with zero attached hydrogens (tertiary/aromatic N) is 2. The summed E-state index contributed by atoms with van der Waals surface area (Å²) in [6.45, 7) is 0. The Morgan fingerprint density at radius 2 is 2.00 bits per heavy atom. The number of aromatic nitrogens is 4. The molecule has 0 aliphatic carbocycles. The van der Waals surface area contributed by atoms with Crippen LogP contribution in [0.15, 0.2) is 47.1 Å². The largest absolute Gasteiger partial charge is 0.304 e. The average Bonchev–Trinajstić information content (AvgIpc) is 3.09. The van der Waals surface area contributed by atoms with Crippen LogP contribution in [-0.2, 0) is 0 Å². The SMILES string of the molecule is O=C(Nc1cc(-c2ccccc2)[nH]n1)c1[nH]ncc1Br. The van der Waals surface area contributed by atoms with Gasteiger partial charge in [0.1, 0.15) is 5.69 Å². The molecule has 2 aromatic heterocycles. The molecule has 2 heterocycles. The van der Waals surface area contributed by atoms with Gasteiger partial charge in [-0.2, -0.15) is 10.2 Å². The first-order valence-corrected chi connectivity index (χ1v) is 6.64. The third-order valence-corrected chi connectivity index (χ3v) is 3.33. The predicted molar refractivity (Wildman–Crippen MR) is 78.3 cm³/mol. The van der Waals surface area contributed by atoms with Crippen molar-refractivity contribution in [2.24, 2.45) is 0 Å². The first kappa shape index (κ1) is 12.6. The molecule has 0 aliphatic rings. The smallest absolute Gasteiger partial charge is 0.276 e. The number of amides is 1. The number of H-pyrrole nitrogens is 2. The maximum atomic E-state index is 12.0. The van der Waals surface area contributed by atoms with E-state index in [2.05, 4.69) is 41.6 Å². The fraction of sp³-hybridized carbons (Fsp3) is 0. The molecule has 7 heteroatoms. The minimum absolute atomic E-state index is 0.305. The first-order valence-electron chi connectivity index (χ1n) is 5.85. The highest BCUT2D eigenvalue weighted by Crippen LogP contribution is 2.20. The van der Waals surface area contributed by atoms with Crippen molar-refractivity contribution in [3.8, 4) is 11.3 Å². The Bertz CT molecular complexity index is 734. The lowest BCUT2D eigenvalue weighted by Crippen LogP contribution is -2.13. The van der Waals surface area contributed by atoms with Gasteiger partial charge in [0.15, 0.2) is 5.82 Å². The van der Waals surface area contributed by atoms with Crippen molar-refractivity contribution < 1.29 is 4.79 Å². The van der Waals surface area contributed by atoms with Crippen LogP contribution in [-0.4, -0.2) is 26.3 Å². The third kappa shape index (κ3) is 2.48. The van der Waals surface area contributed by atoms with Crippen molar-refractivity contribution in [1.82, 2.24) is 20.4 Å². The van der Waals surface area contributed by atoms with Crippen LogP contribution in [0.3, 0.4) is 0 Å². The monoisotopic (exact) mass is 331 g/mol. The molecule has 1 aromatic carbocycles. The topological polar surface area (TPSA) is 86.5 Å². The molecular formula is C13H10BrN5O. The van der Waals surface area contributed by atoms with Gasteiger partial charge in [-0.1, -0.05) is 30.3 Å². The van der Waals surface area contributed by atoms with Gasteiger partial charge in [0.25, 0.3) is 5.91 Å². The van der Waals surface area contributed by atoms with E-state index in [0.29, 0.717) is 16.0 Å². The van der Waals surface area contributed by atoms with E-state index >= 15 is 0 Å². The second kappa shape index (κ2) is 5.30. The molecule has 3 aromatic rings. The summed E-state index contributed by atoms with van der Waals surface area (Å²) in [6, 6.07) is 11.5. The molecule has 0 unspecified atom stereocenters. The predicted octanol–water partition coefficient (Wildman–Crippen LogP) is 2.81. The number of anilines is 1. The van der Waals surface area contributed by atoms with E-state index in [1.807, 2.05) is 30.3 Å². The molecule has 0 fully saturated rings. The lowest BCUT2D eigenvalue weighted by molar-refractivity contribution is 0.102. The molecule has 1 amide bonds. The van der Waals surface area contributed by atoms with Gasteiger partial charge in [-0.3, -0.25) is 15.0 Å². The summed E-state index contributed by atoms with van der Waals surface area (Å²) in [5, 5.41) is 16.0. The summed E-state index contributed by atoms with van der Waals surface area (Å²) in [6.07, 6.45) is 1.52. The molecule has 6 nitrogen and oxygen atoms in total. The Hall–Kier alpha value is -2.41. The number of carbonyl (C=O) groups is 1. The van der Waals surface area contributed by atoms with Gasteiger partial charge in [0.2, 0.25) is 0 Å². The standard InChI is InChI=1S/C13H10BrN5O/c14-9-7-15-19-12(9)13(20)16-11-6-10(17-18-11)8-4-2-1-3-5-8/h1-7H,(H,15,19)(H2,16,17,18,20). The molecule has 3 rings (SSSR count). The number of benzene rings is 1. The fourth-order valence-electron chi connectivity index (χ4n) is 1.76. The lowest BCUT2D eigenvalue weighted by Gasteiger charge is -1.98. The van der Waals surface area contributed by atoms with Crippen LogP contribution >= 0.6 is 15.9 Å². The van der Waals surface area contributed by atoms with Crippen molar-refractivity contribution in [3.63, 3.8) is 0 Å². The van der Waals surface area contributed by atoms with Gasteiger partial charge >= 0.3 is 0 Å². The van der Waals surface area contributed by atoms with E-state index in [1.165, 1.54) is 6.20 Å². The van der Waals surface area contributed by atoms with E-state index in [9.17, 15) is 4.79 Å². The average molecular weight is 332 g/mol. The molecular weight excluding hydrogens is 322 g/mol. The van der Waals surface area contributed by atoms with E-state index in [-0.39, 0.29) is 5.91 Å². The summed E-state index contributed by atoms with van der Waals surface area (Å²) in [4.78, 5) is 12.0. The summed E-state index contributed by atoms with van der Waals surface area (Å²) in [5.74, 6) is 0.149. The molecule has 20 heavy (non-hydrogen) atoms. The molecule has 0 bridgehead atoms. The molecule has 0 spiro atoms. The molecule has 0 atom stereocenters. The second-order valence-electron chi connectivity index (χ2n) is 4.08. The Morgan fingerprint density at radius 1 is 1.20 bits per heavy atom. The lowest BCUT2D eigenvalue weighted by atomic mass is 10.1. The van der Waals surface area contributed by atoms with Crippen LogP contribution in [0.1, 0.15) is 10.5 Å². The van der Waals surface area contributed by atoms with Crippen LogP contribution in [0, 0.1) is 0 Å². The van der Waals surface area contributed by atoms with Crippen molar-refractivity contribution in [2.45, 2.75) is 0 Å². The summed E-state index contributed by atoms with van der Waals surface area (Å²) < 4.78 is 0.605. The highest BCUT2D eigenvalue weighted by atomic mass is 79.9. The van der Waals surface area contributed by atoms with E-state index in [0.717, 1.165) is 11.3 Å². The van der Waals surface area contributed by atoms with Crippen molar-refractivity contribution in [2.75, 3.05) is 5.32 Å². The maximum Gasteiger partial charge on any atom is 0.276 e. The number of nitrogens with one attached hydrogen (secondary N) is 3. The maximum absolute atomic E-state index is 12.0. The van der Waals surface area contributed by atoms with Gasteiger partial charge in [-0.15, -0.1) is 0 Å². The highest BCUT2D eigenvalue weighted by molar-refractivity contribution is 9.10. The zero-order valence-electron chi connectivity index (χ0n) is 10.2. The minimum Gasteiger partial charge on any atom is -0.304 e. The van der Waals surface area contributed by atoms with Crippen LogP contribution < -0.4 is 5.32 Å². The Kier molecular flexibility index (Phi) is 3.34. The van der Waals surface area contributed by atoms with Gasteiger partial charge in [-0.05, 0) is 21.5 Å². The van der Waals surface area contributed by atoms with Crippen LogP contribution in [0.2, 0.25) is 0 Å². The van der Waals surface area contributed by atoms with E-state index in [1.54, 1.807) is 6.07 Å². The van der Waals surface area contributed by atoms with Crippen LogP contribution in [0.4, 0.5) is 5.82 Å².